The first-order chi connectivity index (χ1) is 11.3. The van der Waals surface area contributed by atoms with E-state index in [0.29, 0.717) is 0 Å². The van der Waals surface area contributed by atoms with E-state index in [4.69, 9.17) is 11.6 Å². The van der Waals surface area contributed by atoms with E-state index in [1.807, 2.05) is 5.32 Å². The predicted molar refractivity (Wildman–Crippen MR) is 84.2 cm³/mol. The molecule has 0 bridgehead atoms. The highest BCUT2D eigenvalue weighted by Crippen LogP contribution is 2.22. The molecule has 1 aromatic carbocycles. The third-order valence-corrected chi connectivity index (χ3v) is 4.84. The third kappa shape index (κ3) is 6.55. The summed E-state index contributed by atoms with van der Waals surface area (Å²) in [7, 11) is -3.76. The Hall–Kier alpha value is -2.13. The summed E-state index contributed by atoms with van der Waals surface area (Å²) < 4.78 is 33.2. The maximum atomic E-state index is 12.1. The van der Waals surface area contributed by atoms with E-state index >= 15 is 0 Å². The fourth-order valence-corrected chi connectivity index (χ4v) is 3.35. The van der Waals surface area contributed by atoms with Crippen molar-refractivity contribution < 1.29 is 32.3 Å². The lowest BCUT2D eigenvalue weighted by Crippen LogP contribution is -2.34. The molecule has 0 spiro atoms. The second kappa shape index (κ2) is 9.24. The molecule has 132 valence electrons. The van der Waals surface area contributed by atoms with Gasteiger partial charge >= 0.3 is 12.1 Å². The van der Waals surface area contributed by atoms with Gasteiger partial charge in [0.25, 0.3) is 5.91 Å². The molecule has 0 unspecified atom stereocenters. The van der Waals surface area contributed by atoms with Gasteiger partial charge in [-0.3, -0.25) is 14.9 Å². The molecule has 0 saturated heterocycles. The zero-order valence-electron chi connectivity index (χ0n) is 12.8. The number of esters is 1. The molecule has 1 aromatic rings. The van der Waals surface area contributed by atoms with Crippen LogP contribution in [0.2, 0.25) is 5.02 Å². The van der Waals surface area contributed by atoms with Gasteiger partial charge in [0.2, 0.25) is 0 Å². The van der Waals surface area contributed by atoms with Crippen molar-refractivity contribution in [3.05, 3.63) is 29.3 Å². The first-order valence-corrected chi connectivity index (χ1v) is 8.88. The summed E-state index contributed by atoms with van der Waals surface area (Å²) in [6, 6.07) is 5.84. The highest BCUT2D eigenvalue weighted by atomic mass is 35.5. The number of sulfone groups is 1. The Balaban J connectivity index is 2.45. The molecule has 0 saturated carbocycles. The van der Waals surface area contributed by atoms with Gasteiger partial charge < -0.3 is 9.47 Å². The Morgan fingerprint density at radius 2 is 1.83 bits per heavy atom. The summed E-state index contributed by atoms with van der Waals surface area (Å²) >= 11 is 5.81. The van der Waals surface area contributed by atoms with E-state index in [2.05, 4.69) is 9.47 Å². The first-order valence-electron chi connectivity index (χ1n) is 6.85. The number of ether oxygens (including phenoxy) is 2. The number of hydrogen-bond acceptors (Lipinski definition) is 7. The Morgan fingerprint density at radius 3 is 2.46 bits per heavy atom. The molecular weight excluding hydrogens is 362 g/mol. The summed E-state index contributed by atoms with van der Waals surface area (Å²) in [6.07, 6.45) is -1.42. The minimum atomic E-state index is -3.76. The lowest BCUT2D eigenvalue weighted by molar-refractivity contribution is -0.148. The van der Waals surface area contributed by atoms with Gasteiger partial charge in [0.15, 0.2) is 16.4 Å². The number of rotatable bonds is 7. The molecule has 0 heterocycles. The molecule has 1 N–H and O–H groups in total. The summed E-state index contributed by atoms with van der Waals surface area (Å²) in [4.78, 5) is 33.7. The van der Waals surface area contributed by atoms with Gasteiger partial charge in [-0.2, -0.15) is 0 Å². The zero-order chi connectivity index (χ0) is 18.2. The van der Waals surface area contributed by atoms with Crippen molar-refractivity contribution >= 4 is 39.4 Å². The van der Waals surface area contributed by atoms with E-state index in [-0.39, 0.29) is 16.5 Å². The molecule has 0 aromatic heterocycles. The largest absolute Gasteiger partial charge is 0.456 e. The van der Waals surface area contributed by atoms with Crippen molar-refractivity contribution in [1.29, 1.82) is 0 Å². The van der Waals surface area contributed by atoms with Gasteiger partial charge in [-0.1, -0.05) is 23.7 Å². The Kier molecular flexibility index (Phi) is 7.66. The van der Waals surface area contributed by atoms with E-state index in [1.54, 1.807) is 13.0 Å². The van der Waals surface area contributed by atoms with E-state index < -0.39 is 46.6 Å². The third-order valence-electron chi connectivity index (χ3n) is 2.63. The molecule has 8 nitrogen and oxygen atoms in total. The topological polar surface area (TPSA) is 116 Å². The predicted octanol–water partition coefficient (Wildman–Crippen LogP) is 1.32. The molecule has 0 atom stereocenters. The molecule has 24 heavy (non-hydrogen) atoms. The van der Waals surface area contributed by atoms with Gasteiger partial charge in [-0.05, 0) is 19.1 Å². The molecule has 0 aliphatic carbocycles. The van der Waals surface area contributed by atoms with Crippen molar-refractivity contribution in [2.24, 2.45) is 0 Å². The Morgan fingerprint density at radius 1 is 1.17 bits per heavy atom. The van der Waals surface area contributed by atoms with Crippen molar-refractivity contribution in [1.82, 2.24) is 5.32 Å². The summed E-state index contributed by atoms with van der Waals surface area (Å²) in [5.74, 6) is -2.30. The Labute approximate surface area is 144 Å². The number of nitrogens with one attached hydrogen (secondary N) is 1. The van der Waals surface area contributed by atoms with Crippen molar-refractivity contribution in [3.63, 3.8) is 0 Å². The molecule has 2 amide bonds. The number of amides is 2. The van der Waals surface area contributed by atoms with Gasteiger partial charge in [0.1, 0.15) is 0 Å². The summed E-state index contributed by atoms with van der Waals surface area (Å²) in [5.41, 5.74) is 0. The average Bonchev–Trinajstić information content (AvgIpc) is 2.51. The number of benzene rings is 1. The van der Waals surface area contributed by atoms with Crippen LogP contribution in [0.4, 0.5) is 4.79 Å². The van der Waals surface area contributed by atoms with Crippen LogP contribution in [0.15, 0.2) is 29.2 Å². The van der Waals surface area contributed by atoms with Crippen LogP contribution in [0.5, 0.6) is 0 Å². The van der Waals surface area contributed by atoms with Crippen LogP contribution in [-0.4, -0.2) is 45.4 Å². The fraction of sp³-hybridized carbons (Fsp3) is 0.357. The first kappa shape index (κ1) is 19.9. The lowest BCUT2D eigenvalue weighted by atomic mass is 10.4. The van der Waals surface area contributed by atoms with Crippen LogP contribution in [-0.2, 0) is 28.9 Å². The smallest absolute Gasteiger partial charge is 0.413 e. The molecule has 1 rings (SSSR count). The number of alkyl carbamates (subject to hydrolysis) is 1. The summed E-state index contributed by atoms with van der Waals surface area (Å²) in [5, 5.41) is 1.88. The van der Waals surface area contributed by atoms with Gasteiger partial charge in [0.05, 0.1) is 28.7 Å². The highest BCUT2D eigenvalue weighted by Gasteiger charge is 2.20. The van der Waals surface area contributed by atoms with Gasteiger partial charge in [0, 0.05) is 0 Å². The molecule has 0 aliphatic heterocycles. The molecule has 10 heteroatoms. The molecule has 0 fully saturated rings. The minimum absolute atomic E-state index is 0.0553. The van der Waals surface area contributed by atoms with E-state index in [1.165, 1.54) is 18.2 Å². The van der Waals surface area contributed by atoms with Crippen LogP contribution < -0.4 is 5.32 Å². The number of imide groups is 1. The maximum absolute atomic E-state index is 12.1. The van der Waals surface area contributed by atoms with Crippen LogP contribution >= 0.6 is 11.6 Å². The van der Waals surface area contributed by atoms with E-state index in [9.17, 15) is 22.8 Å². The maximum Gasteiger partial charge on any atom is 0.413 e. The number of carbonyl (C=O) groups is 3. The summed E-state index contributed by atoms with van der Waals surface area (Å²) in [6.45, 7) is 0.923. The van der Waals surface area contributed by atoms with Crippen LogP contribution in [0.25, 0.3) is 0 Å². The fourth-order valence-electron chi connectivity index (χ4n) is 1.56. The highest BCUT2D eigenvalue weighted by molar-refractivity contribution is 7.91. The SMILES string of the molecule is CCOC(=O)NC(=O)COC(=O)CCS(=O)(=O)c1ccccc1Cl. The number of carbonyl (C=O) groups excluding carboxylic acids is 3. The van der Waals surface area contributed by atoms with E-state index in [0.717, 1.165) is 0 Å². The normalized spacial score (nSPS) is 10.8. The van der Waals surface area contributed by atoms with Crippen LogP contribution in [0.1, 0.15) is 13.3 Å². The number of halogens is 1. The van der Waals surface area contributed by atoms with Crippen molar-refractivity contribution in [2.75, 3.05) is 19.0 Å². The lowest BCUT2D eigenvalue weighted by Gasteiger charge is -2.07. The molecule has 0 aliphatic rings. The van der Waals surface area contributed by atoms with Crippen LogP contribution in [0, 0.1) is 0 Å². The van der Waals surface area contributed by atoms with Crippen molar-refractivity contribution in [3.8, 4) is 0 Å². The monoisotopic (exact) mass is 377 g/mol. The average molecular weight is 378 g/mol. The molecular formula is C14H16ClNO7S. The minimum Gasteiger partial charge on any atom is -0.456 e. The van der Waals surface area contributed by atoms with Gasteiger partial charge in [-0.25, -0.2) is 13.2 Å². The van der Waals surface area contributed by atoms with Gasteiger partial charge in [-0.15, -0.1) is 0 Å². The van der Waals surface area contributed by atoms with Crippen LogP contribution in [0.3, 0.4) is 0 Å². The molecule has 0 radical (unpaired) electrons. The Bertz CT molecular complexity index is 718. The van der Waals surface area contributed by atoms with Crippen molar-refractivity contribution in [2.45, 2.75) is 18.2 Å². The second-order valence-electron chi connectivity index (χ2n) is 4.43. The second-order valence-corrected chi connectivity index (χ2v) is 6.91. The standard InChI is InChI=1S/C14H16ClNO7S/c1-2-22-14(19)16-12(17)9-23-13(18)7-8-24(20,21)11-6-4-3-5-10(11)15/h3-6H,2,7-9H2,1H3,(H,16,17,19). The quantitative estimate of drug-likeness (QED) is 0.712. The zero-order valence-corrected chi connectivity index (χ0v) is 14.4. The number of hydrogen-bond donors (Lipinski definition) is 1.